The molecule has 3 N–H and O–H groups in total. The standard InChI is InChI=1S/C17H17N5O3/c23-14-8-11(4-6-19-14)16-21-15(25-22-16)9-20-17(24)12-1-2-13-10(7-12)3-5-18-13/h1-3,5,7,11,18H,4,6,8-9H2,(H,19,23)(H,20,24). The molecule has 3 aromatic rings. The molecule has 0 bridgehead atoms. The molecule has 3 heterocycles. The van der Waals surface area contributed by atoms with Gasteiger partial charge in [-0.2, -0.15) is 4.98 Å². The molecule has 25 heavy (non-hydrogen) atoms. The lowest BCUT2D eigenvalue weighted by atomic mass is 9.97. The van der Waals surface area contributed by atoms with Crippen LogP contribution in [0.5, 0.6) is 0 Å². The average Bonchev–Trinajstić information content (AvgIpc) is 3.28. The molecule has 128 valence electrons. The van der Waals surface area contributed by atoms with Crippen molar-refractivity contribution in [1.29, 1.82) is 0 Å². The molecule has 4 rings (SSSR count). The zero-order valence-corrected chi connectivity index (χ0v) is 13.4. The number of rotatable bonds is 4. The number of H-pyrrole nitrogens is 1. The minimum Gasteiger partial charge on any atom is -0.361 e. The maximum absolute atomic E-state index is 12.3. The van der Waals surface area contributed by atoms with Crippen LogP contribution in [0.4, 0.5) is 0 Å². The van der Waals surface area contributed by atoms with Gasteiger partial charge >= 0.3 is 0 Å². The molecular weight excluding hydrogens is 322 g/mol. The van der Waals surface area contributed by atoms with Gasteiger partial charge in [-0.25, -0.2) is 0 Å². The Hall–Kier alpha value is -3.16. The van der Waals surface area contributed by atoms with E-state index >= 15 is 0 Å². The number of piperidine rings is 1. The Morgan fingerprint density at radius 2 is 2.28 bits per heavy atom. The number of amides is 2. The van der Waals surface area contributed by atoms with Crippen molar-refractivity contribution in [3.8, 4) is 0 Å². The van der Waals surface area contributed by atoms with E-state index in [1.54, 1.807) is 6.07 Å². The third-order valence-corrected chi connectivity index (χ3v) is 4.31. The lowest BCUT2D eigenvalue weighted by Crippen LogP contribution is -2.32. The van der Waals surface area contributed by atoms with Crippen molar-refractivity contribution in [2.75, 3.05) is 6.54 Å². The van der Waals surface area contributed by atoms with Gasteiger partial charge in [-0.3, -0.25) is 9.59 Å². The lowest BCUT2D eigenvalue weighted by Gasteiger charge is -2.18. The van der Waals surface area contributed by atoms with Gasteiger partial charge in [-0.1, -0.05) is 5.16 Å². The van der Waals surface area contributed by atoms with Crippen molar-refractivity contribution in [3.05, 3.63) is 47.7 Å². The van der Waals surface area contributed by atoms with E-state index in [2.05, 4.69) is 25.8 Å². The van der Waals surface area contributed by atoms with E-state index < -0.39 is 0 Å². The summed E-state index contributed by atoms with van der Waals surface area (Å²) in [4.78, 5) is 31.1. The van der Waals surface area contributed by atoms with Gasteiger partial charge in [0.25, 0.3) is 5.91 Å². The predicted octanol–water partition coefficient (Wildman–Crippen LogP) is 1.47. The molecule has 1 unspecified atom stereocenters. The Morgan fingerprint density at radius 1 is 1.36 bits per heavy atom. The van der Waals surface area contributed by atoms with Crippen LogP contribution in [-0.4, -0.2) is 33.5 Å². The van der Waals surface area contributed by atoms with Gasteiger partial charge in [0.15, 0.2) is 5.82 Å². The number of hydrogen-bond acceptors (Lipinski definition) is 5. The summed E-state index contributed by atoms with van der Waals surface area (Å²) in [6.07, 6.45) is 2.98. The van der Waals surface area contributed by atoms with Gasteiger partial charge in [0, 0.05) is 41.5 Å². The van der Waals surface area contributed by atoms with Crippen LogP contribution in [0.2, 0.25) is 0 Å². The molecule has 1 aliphatic heterocycles. The van der Waals surface area contributed by atoms with Crippen molar-refractivity contribution in [3.63, 3.8) is 0 Å². The topological polar surface area (TPSA) is 113 Å². The molecule has 1 atom stereocenters. The van der Waals surface area contributed by atoms with E-state index in [9.17, 15) is 9.59 Å². The maximum Gasteiger partial charge on any atom is 0.251 e. The number of carbonyl (C=O) groups is 2. The highest BCUT2D eigenvalue weighted by atomic mass is 16.5. The fourth-order valence-electron chi connectivity index (χ4n) is 2.96. The molecule has 8 heteroatoms. The molecule has 0 spiro atoms. The van der Waals surface area contributed by atoms with Crippen LogP contribution in [0.1, 0.15) is 40.8 Å². The summed E-state index contributed by atoms with van der Waals surface area (Å²) >= 11 is 0. The van der Waals surface area contributed by atoms with Gasteiger partial charge in [-0.05, 0) is 30.7 Å². The van der Waals surface area contributed by atoms with Crippen molar-refractivity contribution in [2.24, 2.45) is 0 Å². The first-order valence-corrected chi connectivity index (χ1v) is 8.13. The lowest BCUT2D eigenvalue weighted by molar-refractivity contribution is -0.122. The monoisotopic (exact) mass is 339 g/mol. The Bertz CT molecular complexity index is 929. The van der Waals surface area contributed by atoms with Crippen LogP contribution in [0.15, 0.2) is 35.0 Å². The van der Waals surface area contributed by atoms with Crippen molar-refractivity contribution in [1.82, 2.24) is 25.8 Å². The molecule has 2 aromatic heterocycles. The van der Waals surface area contributed by atoms with E-state index in [-0.39, 0.29) is 24.3 Å². The van der Waals surface area contributed by atoms with Gasteiger partial charge < -0.3 is 20.1 Å². The summed E-state index contributed by atoms with van der Waals surface area (Å²) in [5.41, 5.74) is 1.55. The molecular formula is C17H17N5O3. The van der Waals surface area contributed by atoms with Crippen LogP contribution in [0, 0.1) is 0 Å². The largest absolute Gasteiger partial charge is 0.361 e. The van der Waals surface area contributed by atoms with Crippen LogP contribution < -0.4 is 10.6 Å². The Labute approximate surface area is 143 Å². The molecule has 2 amide bonds. The molecule has 0 saturated carbocycles. The minimum atomic E-state index is -0.208. The van der Waals surface area contributed by atoms with Gasteiger partial charge in [0.05, 0.1) is 6.54 Å². The fourth-order valence-corrected chi connectivity index (χ4v) is 2.96. The van der Waals surface area contributed by atoms with Crippen LogP contribution >= 0.6 is 0 Å². The van der Waals surface area contributed by atoms with E-state index in [1.165, 1.54) is 0 Å². The Kier molecular flexibility index (Phi) is 3.93. The molecule has 1 saturated heterocycles. The minimum absolute atomic E-state index is 0.00366. The van der Waals surface area contributed by atoms with Crippen molar-refractivity contribution in [2.45, 2.75) is 25.3 Å². The number of aromatic amines is 1. The van der Waals surface area contributed by atoms with Crippen LogP contribution in [0.25, 0.3) is 10.9 Å². The first-order valence-electron chi connectivity index (χ1n) is 8.13. The highest BCUT2D eigenvalue weighted by molar-refractivity contribution is 5.97. The van der Waals surface area contributed by atoms with Crippen molar-refractivity contribution >= 4 is 22.7 Å². The second-order valence-electron chi connectivity index (χ2n) is 6.05. The summed E-state index contributed by atoms with van der Waals surface area (Å²) in [5.74, 6) is 0.610. The molecule has 1 aliphatic rings. The quantitative estimate of drug-likeness (QED) is 0.666. The second-order valence-corrected chi connectivity index (χ2v) is 6.05. The first kappa shape index (κ1) is 15.4. The van der Waals surface area contributed by atoms with E-state index in [0.29, 0.717) is 30.2 Å². The van der Waals surface area contributed by atoms with Crippen LogP contribution in [0.3, 0.4) is 0 Å². The van der Waals surface area contributed by atoms with Crippen molar-refractivity contribution < 1.29 is 14.1 Å². The predicted molar refractivity (Wildman–Crippen MR) is 88.8 cm³/mol. The summed E-state index contributed by atoms with van der Waals surface area (Å²) in [5, 5.41) is 10.5. The van der Waals surface area contributed by atoms with Gasteiger partial charge in [0.2, 0.25) is 11.8 Å². The second kappa shape index (κ2) is 6.39. The number of carbonyl (C=O) groups excluding carboxylic acids is 2. The van der Waals surface area contributed by atoms with Gasteiger partial charge in [0.1, 0.15) is 0 Å². The summed E-state index contributed by atoms with van der Waals surface area (Å²) in [6.45, 7) is 0.766. The molecule has 1 aromatic carbocycles. The fraction of sp³-hybridized carbons (Fsp3) is 0.294. The SMILES string of the molecule is O=C1CC(c2noc(CNC(=O)c3ccc4[nH]ccc4c3)n2)CCN1. The number of nitrogens with one attached hydrogen (secondary N) is 3. The normalized spacial score (nSPS) is 17.4. The Morgan fingerprint density at radius 3 is 3.16 bits per heavy atom. The molecule has 8 nitrogen and oxygen atoms in total. The van der Waals surface area contributed by atoms with E-state index in [0.717, 1.165) is 17.3 Å². The van der Waals surface area contributed by atoms with E-state index in [4.69, 9.17) is 4.52 Å². The summed E-state index contributed by atoms with van der Waals surface area (Å²) in [7, 11) is 0. The third-order valence-electron chi connectivity index (χ3n) is 4.31. The summed E-state index contributed by atoms with van der Waals surface area (Å²) in [6, 6.07) is 7.36. The first-order chi connectivity index (χ1) is 12.2. The smallest absolute Gasteiger partial charge is 0.251 e. The number of nitrogens with zero attached hydrogens (tertiary/aromatic N) is 2. The summed E-state index contributed by atoms with van der Waals surface area (Å²) < 4.78 is 5.18. The third kappa shape index (κ3) is 3.23. The van der Waals surface area contributed by atoms with Crippen LogP contribution in [-0.2, 0) is 11.3 Å². The molecule has 0 aliphatic carbocycles. The molecule has 0 radical (unpaired) electrons. The number of aromatic nitrogens is 3. The molecule has 1 fully saturated rings. The van der Waals surface area contributed by atoms with E-state index in [1.807, 2.05) is 24.4 Å². The number of fused-ring (bicyclic) bond motifs is 1. The Balaban J connectivity index is 1.39. The maximum atomic E-state index is 12.3. The number of hydrogen-bond donors (Lipinski definition) is 3. The zero-order chi connectivity index (χ0) is 17.2. The zero-order valence-electron chi connectivity index (χ0n) is 13.4. The average molecular weight is 339 g/mol. The number of benzene rings is 1. The highest BCUT2D eigenvalue weighted by Crippen LogP contribution is 2.23. The van der Waals surface area contributed by atoms with Gasteiger partial charge in [-0.15, -0.1) is 0 Å². The highest BCUT2D eigenvalue weighted by Gasteiger charge is 2.25.